The fourth-order valence-electron chi connectivity index (χ4n) is 2.33. The van der Waals surface area contributed by atoms with E-state index in [0.717, 1.165) is 18.0 Å². The first-order valence-electron chi connectivity index (χ1n) is 6.26. The highest BCUT2D eigenvalue weighted by Crippen LogP contribution is 2.21. The van der Waals surface area contributed by atoms with Gasteiger partial charge in [0.2, 0.25) is 0 Å². The topological polar surface area (TPSA) is 29.3 Å². The molecular formula is C14H20N2S. The Hall–Kier alpha value is -0.820. The molecule has 2 heterocycles. The van der Waals surface area contributed by atoms with E-state index in [1.54, 1.807) is 0 Å². The molecule has 1 unspecified atom stereocenters. The average molecular weight is 248 g/mol. The largest absolute Gasteiger partial charge is 0.320 e. The predicted molar refractivity (Wildman–Crippen MR) is 73.9 cm³/mol. The van der Waals surface area contributed by atoms with Gasteiger partial charge in [0.05, 0.1) is 6.54 Å². The van der Waals surface area contributed by atoms with Crippen molar-refractivity contribution in [1.82, 2.24) is 4.90 Å². The fourth-order valence-corrected chi connectivity index (χ4v) is 3.19. The van der Waals surface area contributed by atoms with E-state index in [0.29, 0.717) is 6.54 Å². The fraction of sp³-hybridized carbons (Fsp3) is 0.571. The van der Waals surface area contributed by atoms with Crippen molar-refractivity contribution in [3.05, 3.63) is 21.9 Å². The van der Waals surface area contributed by atoms with Gasteiger partial charge in [-0.3, -0.25) is 4.90 Å². The maximum absolute atomic E-state index is 5.37. The number of nitrogens with zero attached hydrogens (tertiary/aromatic N) is 1. The zero-order valence-electron chi connectivity index (χ0n) is 10.4. The molecule has 2 nitrogen and oxygen atoms in total. The van der Waals surface area contributed by atoms with Crippen molar-refractivity contribution in [2.75, 3.05) is 19.6 Å². The van der Waals surface area contributed by atoms with E-state index in [9.17, 15) is 0 Å². The number of thiophene rings is 1. The van der Waals surface area contributed by atoms with Crippen molar-refractivity contribution >= 4 is 11.3 Å². The van der Waals surface area contributed by atoms with E-state index < -0.39 is 0 Å². The van der Waals surface area contributed by atoms with Gasteiger partial charge in [0.25, 0.3) is 0 Å². The second kappa shape index (κ2) is 6.20. The lowest BCUT2D eigenvalue weighted by Crippen LogP contribution is -2.33. The monoisotopic (exact) mass is 248 g/mol. The van der Waals surface area contributed by atoms with Gasteiger partial charge in [0, 0.05) is 28.9 Å². The van der Waals surface area contributed by atoms with Crippen LogP contribution in [0.1, 0.15) is 30.2 Å². The molecule has 92 valence electrons. The summed E-state index contributed by atoms with van der Waals surface area (Å²) in [5.41, 5.74) is 6.48. The normalized spacial score (nSPS) is 20.9. The summed E-state index contributed by atoms with van der Waals surface area (Å²) in [7, 11) is 0. The van der Waals surface area contributed by atoms with Crippen LogP contribution in [-0.4, -0.2) is 24.5 Å². The molecule has 1 aliphatic rings. The Labute approximate surface area is 108 Å². The summed E-state index contributed by atoms with van der Waals surface area (Å²) in [5, 5.41) is 2.13. The second-order valence-corrected chi connectivity index (χ2v) is 5.79. The van der Waals surface area contributed by atoms with Gasteiger partial charge in [-0.25, -0.2) is 0 Å². The quantitative estimate of drug-likeness (QED) is 0.814. The SMILES string of the molecule is CC1CCCN(Cc2cc(C#CCN)cs2)C1. The van der Waals surface area contributed by atoms with E-state index >= 15 is 0 Å². The standard InChI is InChI=1S/C14H20N2S/c1-12-4-3-7-16(9-12)10-14-8-13(11-17-14)5-2-6-15/h8,11-12H,3-4,6-7,9-10,15H2,1H3. The summed E-state index contributed by atoms with van der Waals surface area (Å²) < 4.78 is 0. The van der Waals surface area contributed by atoms with Crippen molar-refractivity contribution in [2.45, 2.75) is 26.3 Å². The summed E-state index contributed by atoms with van der Waals surface area (Å²) in [4.78, 5) is 3.97. The third-order valence-corrected chi connectivity index (χ3v) is 4.03. The van der Waals surface area contributed by atoms with E-state index in [2.05, 4.69) is 35.1 Å². The molecule has 1 atom stereocenters. The molecule has 2 N–H and O–H groups in total. The molecule has 0 aromatic carbocycles. The molecule has 0 spiro atoms. The Morgan fingerprint density at radius 2 is 2.47 bits per heavy atom. The lowest BCUT2D eigenvalue weighted by Gasteiger charge is -2.30. The molecular weight excluding hydrogens is 228 g/mol. The number of rotatable bonds is 2. The third-order valence-electron chi connectivity index (χ3n) is 3.11. The lowest BCUT2D eigenvalue weighted by molar-refractivity contribution is 0.178. The Kier molecular flexibility index (Phi) is 4.61. The average Bonchev–Trinajstić information content (AvgIpc) is 2.74. The minimum atomic E-state index is 0.439. The summed E-state index contributed by atoms with van der Waals surface area (Å²) >= 11 is 1.81. The molecule has 1 aromatic heterocycles. The van der Waals surface area contributed by atoms with Crippen LogP contribution in [-0.2, 0) is 6.54 Å². The van der Waals surface area contributed by atoms with E-state index in [1.807, 2.05) is 11.3 Å². The van der Waals surface area contributed by atoms with Crippen LogP contribution >= 0.6 is 11.3 Å². The molecule has 3 heteroatoms. The molecule has 0 aliphatic carbocycles. The highest BCUT2D eigenvalue weighted by Gasteiger charge is 2.16. The van der Waals surface area contributed by atoms with Crippen LogP contribution in [0.4, 0.5) is 0 Å². The Morgan fingerprint density at radius 1 is 1.59 bits per heavy atom. The van der Waals surface area contributed by atoms with E-state index in [4.69, 9.17) is 5.73 Å². The number of likely N-dealkylation sites (tertiary alicyclic amines) is 1. The first kappa shape index (κ1) is 12.6. The predicted octanol–water partition coefficient (Wildman–Crippen LogP) is 2.29. The van der Waals surface area contributed by atoms with Gasteiger partial charge in [-0.1, -0.05) is 18.8 Å². The summed E-state index contributed by atoms with van der Waals surface area (Å²) in [5.74, 6) is 6.83. The van der Waals surface area contributed by atoms with Crippen LogP contribution in [0.2, 0.25) is 0 Å². The molecule has 0 saturated carbocycles. The van der Waals surface area contributed by atoms with E-state index in [1.165, 1.54) is 30.8 Å². The van der Waals surface area contributed by atoms with Crippen LogP contribution in [0.15, 0.2) is 11.4 Å². The minimum Gasteiger partial charge on any atom is -0.320 e. The Bertz CT molecular complexity index is 413. The first-order valence-corrected chi connectivity index (χ1v) is 7.14. The molecule has 0 bridgehead atoms. The van der Waals surface area contributed by atoms with Gasteiger partial charge in [-0.2, -0.15) is 0 Å². The highest BCUT2D eigenvalue weighted by atomic mass is 32.1. The van der Waals surface area contributed by atoms with Gasteiger partial charge in [0.1, 0.15) is 0 Å². The van der Waals surface area contributed by atoms with Crippen LogP contribution in [0.3, 0.4) is 0 Å². The van der Waals surface area contributed by atoms with Gasteiger partial charge in [-0.15, -0.1) is 11.3 Å². The zero-order valence-corrected chi connectivity index (χ0v) is 11.2. The molecule has 0 radical (unpaired) electrons. The van der Waals surface area contributed by atoms with Crippen molar-refractivity contribution in [3.63, 3.8) is 0 Å². The second-order valence-electron chi connectivity index (χ2n) is 4.79. The molecule has 1 fully saturated rings. The van der Waals surface area contributed by atoms with Crippen molar-refractivity contribution < 1.29 is 0 Å². The number of hydrogen-bond acceptors (Lipinski definition) is 3. The van der Waals surface area contributed by atoms with Crippen LogP contribution in [0, 0.1) is 17.8 Å². The van der Waals surface area contributed by atoms with Gasteiger partial charge in [-0.05, 0) is 31.4 Å². The zero-order chi connectivity index (χ0) is 12.1. The molecule has 1 aromatic rings. The van der Waals surface area contributed by atoms with Gasteiger partial charge < -0.3 is 5.73 Å². The highest BCUT2D eigenvalue weighted by molar-refractivity contribution is 7.10. The van der Waals surface area contributed by atoms with Crippen LogP contribution in [0.25, 0.3) is 0 Å². The Morgan fingerprint density at radius 3 is 3.24 bits per heavy atom. The van der Waals surface area contributed by atoms with Crippen molar-refractivity contribution in [3.8, 4) is 11.8 Å². The lowest BCUT2D eigenvalue weighted by atomic mass is 10.0. The summed E-state index contributed by atoms with van der Waals surface area (Å²) in [6, 6.07) is 2.20. The molecule has 1 saturated heterocycles. The molecule has 0 amide bonds. The van der Waals surface area contributed by atoms with Gasteiger partial charge in [0.15, 0.2) is 0 Å². The number of piperidine rings is 1. The van der Waals surface area contributed by atoms with Crippen molar-refractivity contribution in [2.24, 2.45) is 11.7 Å². The Balaban J connectivity index is 1.92. The molecule has 17 heavy (non-hydrogen) atoms. The molecule has 2 rings (SSSR count). The first-order chi connectivity index (χ1) is 8.28. The summed E-state index contributed by atoms with van der Waals surface area (Å²) in [6.45, 7) is 6.35. The summed E-state index contributed by atoms with van der Waals surface area (Å²) in [6.07, 6.45) is 2.72. The number of nitrogens with two attached hydrogens (primary N) is 1. The van der Waals surface area contributed by atoms with Crippen LogP contribution in [0.5, 0.6) is 0 Å². The third kappa shape index (κ3) is 3.85. The van der Waals surface area contributed by atoms with E-state index in [-0.39, 0.29) is 0 Å². The van der Waals surface area contributed by atoms with Gasteiger partial charge >= 0.3 is 0 Å². The number of hydrogen-bond donors (Lipinski definition) is 1. The van der Waals surface area contributed by atoms with Crippen molar-refractivity contribution in [1.29, 1.82) is 0 Å². The smallest absolute Gasteiger partial charge is 0.0555 e. The minimum absolute atomic E-state index is 0.439. The maximum Gasteiger partial charge on any atom is 0.0555 e. The molecule has 1 aliphatic heterocycles. The maximum atomic E-state index is 5.37. The van der Waals surface area contributed by atoms with Crippen LogP contribution < -0.4 is 5.73 Å².